The largest absolute Gasteiger partial charge is 0.315 e. The van der Waals surface area contributed by atoms with Gasteiger partial charge in [0.1, 0.15) is 0 Å². The second-order valence-corrected chi connectivity index (χ2v) is 5.09. The van der Waals surface area contributed by atoms with Gasteiger partial charge in [-0.15, -0.1) is 0 Å². The summed E-state index contributed by atoms with van der Waals surface area (Å²) in [5, 5.41) is 7.90. The average molecular weight is 240 g/mol. The Labute approximate surface area is 104 Å². The van der Waals surface area contributed by atoms with E-state index in [-0.39, 0.29) is 0 Å². The molecule has 0 spiro atoms. The Balaban J connectivity index is 2.33. The van der Waals surface area contributed by atoms with Gasteiger partial charge in [-0.1, -0.05) is 13.8 Å². The molecular weight excluding hydrogens is 216 g/mol. The molecule has 0 aromatic carbocycles. The number of rotatable bonds is 8. The summed E-state index contributed by atoms with van der Waals surface area (Å²) in [4.78, 5) is 2.45. The summed E-state index contributed by atoms with van der Waals surface area (Å²) >= 11 is 1.78. The normalized spacial score (nSPS) is 13.2. The van der Waals surface area contributed by atoms with E-state index in [9.17, 15) is 0 Å². The lowest BCUT2D eigenvalue weighted by molar-refractivity contribution is 0.222. The maximum atomic E-state index is 3.51. The van der Waals surface area contributed by atoms with Gasteiger partial charge in [0.2, 0.25) is 0 Å². The molecule has 0 aliphatic rings. The van der Waals surface area contributed by atoms with Crippen molar-refractivity contribution in [2.45, 2.75) is 39.3 Å². The van der Waals surface area contributed by atoms with Gasteiger partial charge in [0.05, 0.1) is 0 Å². The molecule has 1 heterocycles. The van der Waals surface area contributed by atoms with Crippen molar-refractivity contribution in [3.8, 4) is 0 Å². The van der Waals surface area contributed by atoms with Crippen molar-refractivity contribution in [2.24, 2.45) is 0 Å². The minimum Gasteiger partial charge on any atom is -0.315 e. The molecule has 1 aromatic rings. The fraction of sp³-hybridized carbons (Fsp3) is 0.692. The number of hydrogen-bond donors (Lipinski definition) is 1. The highest BCUT2D eigenvalue weighted by atomic mass is 32.1. The van der Waals surface area contributed by atoms with E-state index in [4.69, 9.17) is 0 Å². The summed E-state index contributed by atoms with van der Waals surface area (Å²) in [6.07, 6.45) is 2.42. The second kappa shape index (κ2) is 7.82. The van der Waals surface area contributed by atoms with Crippen LogP contribution in [-0.2, 0) is 6.54 Å². The Kier molecular flexibility index (Phi) is 6.69. The molecule has 1 unspecified atom stereocenters. The first-order valence-corrected chi connectivity index (χ1v) is 7.14. The van der Waals surface area contributed by atoms with E-state index in [1.54, 1.807) is 11.3 Å². The van der Waals surface area contributed by atoms with Gasteiger partial charge in [-0.3, -0.25) is 4.90 Å². The summed E-state index contributed by atoms with van der Waals surface area (Å²) in [6, 6.07) is 2.86. The van der Waals surface area contributed by atoms with Crippen molar-refractivity contribution < 1.29 is 0 Å². The molecule has 1 N–H and O–H groups in total. The lowest BCUT2D eigenvalue weighted by Gasteiger charge is -2.27. The predicted molar refractivity (Wildman–Crippen MR) is 73.0 cm³/mol. The smallest absolute Gasteiger partial charge is 0.0242 e. The number of thiophene rings is 1. The molecule has 2 nitrogen and oxygen atoms in total. The average Bonchev–Trinajstić information content (AvgIpc) is 2.77. The van der Waals surface area contributed by atoms with Crippen LogP contribution >= 0.6 is 11.3 Å². The van der Waals surface area contributed by atoms with Crippen LogP contribution in [0.25, 0.3) is 0 Å². The lowest BCUT2D eigenvalue weighted by atomic mass is 10.2. The van der Waals surface area contributed by atoms with Crippen molar-refractivity contribution in [3.63, 3.8) is 0 Å². The molecule has 0 saturated carbocycles. The van der Waals surface area contributed by atoms with Crippen LogP contribution in [0.4, 0.5) is 0 Å². The fourth-order valence-electron chi connectivity index (χ4n) is 1.86. The molecule has 0 aliphatic heterocycles. The van der Waals surface area contributed by atoms with E-state index in [0.29, 0.717) is 6.04 Å². The number of likely N-dealkylation sites (N-methyl/N-ethyl adjacent to an activating group) is 1. The third-order valence-electron chi connectivity index (χ3n) is 2.91. The number of nitrogens with zero attached hydrogens (tertiary/aromatic N) is 1. The minimum absolute atomic E-state index is 0.645. The molecule has 0 saturated heterocycles. The predicted octanol–water partition coefficient (Wildman–Crippen LogP) is 2.96. The first-order valence-electron chi connectivity index (χ1n) is 6.20. The molecule has 0 fully saturated rings. The molecule has 0 bridgehead atoms. The molecule has 3 heteroatoms. The Morgan fingerprint density at radius 3 is 2.81 bits per heavy atom. The zero-order valence-electron chi connectivity index (χ0n) is 10.7. The van der Waals surface area contributed by atoms with Gasteiger partial charge in [-0.05, 0) is 48.8 Å². The van der Waals surface area contributed by atoms with E-state index < -0.39 is 0 Å². The molecule has 92 valence electrons. The first-order chi connectivity index (χ1) is 7.77. The highest BCUT2D eigenvalue weighted by Crippen LogP contribution is 2.11. The highest BCUT2D eigenvalue weighted by Gasteiger charge is 2.12. The van der Waals surface area contributed by atoms with Crippen LogP contribution in [0.1, 0.15) is 32.3 Å². The van der Waals surface area contributed by atoms with Crippen molar-refractivity contribution in [1.82, 2.24) is 10.2 Å². The molecule has 16 heavy (non-hydrogen) atoms. The van der Waals surface area contributed by atoms with Crippen LogP contribution in [0.3, 0.4) is 0 Å². The number of hydrogen-bond acceptors (Lipinski definition) is 3. The Morgan fingerprint density at radius 1 is 1.44 bits per heavy atom. The summed E-state index contributed by atoms with van der Waals surface area (Å²) in [6.45, 7) is 7.77. The van der Waals surface area contributed by atoms with E-state index in [0.717, 1.165) is 19.6 Å². The van der Waals surface area contributed by atoms with E-state index in [1.165, 1.54) is 18.4 Å². The quantitative estimate of drug-likeness (QED) is 0.703. The van der Waals surface area contributed by atoms with Crippen LogP contribution in [0.2, 0.25) is 0 Å². The topological polar surface area (TPSA) is 15.3 Å². The molecular formula is C13H24N2S. The SMILES string of the molecule is CCCNCC(CC)N(C)Cc1ccsc1. The summed E-state index contributed by atoms with van der Waals surface area (Å²) in [5.74, 6) is 0. The molecule has 0 aliphatic carbocycles. The van der Waals surface area contributed by atoms with Gasteiger partial charge in [-0.25, -0.2) is 0 Å². The van der Waals surface area contributed by atoms with Crippen LogP contribution in [-0.4, -0.2) is 31.1 Å². The van der Waals surface area contributed by atoms with Crippen molar-refractivity contribution >= 4 is 11.3 Å². The van der Waals surface area contributed by atoms with Crippen molar-refractivity contribution in [3.05, 3.63) is 22.4 Å². The van der Waals surface area contributed by atoms with Crippen LogP contribution < -0.4 is 5.32 Å². The van der Waals surface area contributed by atoms with E-state index in [2.05, 4.69) is 47.9 Å². The fourth-order valence-corrected chi connectivity index (χ4v) is 2.52. The van der Waals surface area contributed by atoms with Gasteiger partial charge < -0.3 is 5.32 Å². The maximum Gasteiger partial charge on any atom is 0.0242 e. The third kappa shape index (κ3) is 4.64. The zero-order chi connectivity index (χ0) is 11.8. The Morgan fingerprint density at radius 2 is 2.25 bits per heavy atom. The molecule has 1 rings (SSSR count). The van der Waals surface area contributed by atoms with Crippen LogP contribution in [0, 0.1) is 0 Å². The summed E-state index contributed by atoms with van der Waals surface area (Å²) in [7, 11) is 2.22. The van der Waals surface area contributed by atoms with Crippen molar-refractivity contribution in [2.75, 3.05) is 20.1 Å². The van der Waals surface area contributed by atoms with Gasteiger partial charge in [0.25, 0.3) is 0 Å². The Hall–Kier alpha value is -0.380. The standard InChI is InChI=1S/C13H24N2S/c1-4-7-14-9-13(5-2)15(3)10-12-6-8-16-11-12/h6,8,11,13-14H,4-5,7,9-10H2,1-3H3. The second-order valence-electron chi connectivity index (χ2n) is 4.31. The monoisotopic (exact) mass is 240 g/mol. The maximum absolute atomic E-state index is 3.51. The number of nitrogens with one attached hydrogen (secondary N) is 1. The first kappa shape index (κ1) is 13.7. The highest BCUT2D eigenvalue weighted by molar-refractivity contribution is 7.07. The third-order valence-corrected chi connectivity index (χ3v) is 3.65. The lowest BCUT2D eigenvalue weighted by Crippen LogP contribution is -2.39. The van der Waals surface area contributed by atoms with Gasteiger partial charge in [0, 0.05) is 19.1 Å². The van der Waals surface area contributed by atoms with Gasteiger partial charge in [-0.2, -0.15) is 11.3 Å². The zero-order valence-corrected chi connectivity index (χ0v) is 11.5. The molecule has 0 amide bonds. The van der Waals surface area contributed by atoms with E-state index in [1.807, 2.05) is 0 Å². The van der Waals surface area contributed by atoms with Crippen LogP contribution in [0.15, 0.2) is 16.8 Å². The van der Waals surface area contributed by atoms with E-state index >= 15 is 0 Å². The Bertz CT molecular complexity index is 259. The molecule has 1 atom stereocenters. The minimum atomic E-state index is 0.645. The van der Waals surface area contributed by atoms with Crippen molar-refractivity contribution in [1.29, 1.82) is 0 Å². The van der Waals surface area contributed by atoms with Crippen LogP contribution in [0.5, 0.6) is 0 Å². The summed E-state index contributed by atoms with van der Waals surface area (Å²) < 4.78 is 0. The molecule has 1 aromatic heterocycles. The molecule has 0 radical (unpaired) electrons. The van der Waals surface area contributed by atoms with Gasteiger partial charge in [0.15, 0.2) is 0 Å². The summed E-state index contributed by atoms with van der Waals surface area (Å²) in [5.41, 5.74) is 1.43. The van der Waals surface area contributed by atoms with Gasteiger partial charge >= 0.3 is 0 Å².